The fourth-order valence-electron chi connectivity index (χ4n) is 3.09. The molecule has 2 atom stereocenters. The zero-order valence-corrected chi connectivity index (χ0v) is 11.7. The van der Waals surface area contributed by atoms with Gasteiger partial charge in [0.1, 0.15) is 0 Å². The van der Waals surface area contributed by atoms with Crippen LogP contribution in [0, 0.1) is 11.8 Å². The van der Waals surface area contributed by atoms with Gasteiger partial charge < -0.3 is 0 Å². The Morgan fingerprint density at radius 2 is 1.37 bits per heavy atom. The van der Waals surface area contributed by atoms with Gasteiger partial charge in [-0.25, -0.2) is 4.90 Å². The molecule has 1 saturated heterocycles. The van der Waals surface area contributed by atoms with E-state index in [0.29, 0.717) is 15.7 Å². The number of hydrogen-bond donors (Lipinski definition) is 0. The zero-order chi connectivity index (χ0) is 13.6. The van der Waals surface area contributed by atoms with Crippen LogP contribution in [0.4, 0.5) is 5.69 Å². The lowest BCUT2D eigenvalue weighted by Crippen LogP contribution is -2.30. The third-order valence-corrected chi connectivity index (χ3v) is 4.38. The summed E-state index contributed by atoms with van der Waals surface area (Å²) in [5.41, 5.74) is 0.488. The number of carbonyl (C=O) groups is 2. The van der Waals surface area contributed by atoms with Crippen LogP contribution >= 0.6 is 23.2 Å². The molecule has 5 heteroatoms. The Labute approximate surface area is 121 Å². The van der Waals surface area contributed by atoms with Crippen LogP contribution < -0.4 is 4.90 Å². The van der Waals surface area contributed by atoms with Crippen molar-refractivity contribution < 1.29 is 9.59 Å². The summed E-state index contributed by atoms with van der Waals surface area (Å²) in [4.78, 5) is 26.0. The highest BCUT2D eigenvalue weighted by atomic mass is 35.5. The summed E-state index contributed by atoms with van der Waals surface area (Å²) in [6, 6.07) is 4.81. The Bertz CT molecular complexity index is 514. The average Bonchev–Trinajstić information content (AvgIpc) is 2.61. The van der Waals surface area contributed by atoms with Crippen molar-refractivity contribution in [2.45, 2.75) is 25.7 Å². The summed E-state index contributed by atoms with van der Waals surface area (Å²) in [6.45, 7) is 0. The number of halogens is 2. The molecule has 1 saturated carbocycles. The van der Waals surface area contributed by atoms with E-state index in [0.717, 1.165) is 25.7 Å². The maximum atomic E-state index is 12.4. The Balaban J connectivity index is 2.00. The minimum atomic E-state index is -0.154. The molecule has 1 aliphatic heterocycles. The summed E-state index contributed by atoms with van der Waals surface area (Å²) in [5.74, 6) is -0.515. The van der Waals surface area contributed by atoms with Crippen LogP contribution in [-0.2, 0) is 9.59 Å². The van der Waals surface area contributed by atoms with E-state index in [1.165, 1.54) is 4.90 Å². The van der Waals surface area contributed by atoms with Gasteiger partial charge in [-0.05, 0) is 31.0 Å². The van der Waals surface area contributed by atoms with Crippen molar-refractivity contribution in [3.63, 3.8) is 0 Å². The third-order valence-electron chi connectivity index (χ3n) is 3.95. The van der Waals surface area contributed by atoms with Crippen LogP contribution in [0.25, 0.3) is 0 Å². The minimum absolute atomic E-state index is 0.104. The van der Waals surface area contributed by atoms with Crippen LogP contribution in [0.2, 0.25) is 10.0 Å². The normalized spacial score (nSPS) is 26.7. The summed E-state index contributed by atoms with van der Waals surface area (Å²) in [5, 5.41) is 0.857. The van der Waals surface area contributed by atoms with Crippen molar-refractivity contribution in [1.82, 2.24) is 0 Å². The van der Waals surface area contributed by atoms with Crippen LogP contribution in [0.1, 0.15) is 25.7 Å². The van der Waals surface area contributed by atoms with E-state index in [9.17, 15) is 9.59 Å². The van der Waals surface area contributed by atoms with Gasteiger partial charge in [-0.1, -0.05) is 36.0 Å². The maximum Gasteiger partial charge on any atom is 0.237 e. The smallest absolute Gasteiger partial charge is 0.237 e. The predicted molar refractivity (Wildman–Crippen MR) is 74.4 cm³/mol. The zero-order valence-electron chi connectivity index (χ0n) is 10.2. The standard InChI is InChI=1S/C14H13Cl2NO2/c15-8-5-9(16)7-10(6-8)17-13(18)11-3-1-2-4-12(11)14(17)19/h5-7,11-12H,1-4H2/t11-,12+. The molecule has 3 nitrogen and oxygen atoms in total. The minimum Gasteiger partial charge on any atom is -0.274 e. The maximum absolute atomic E-state index is 12.4. The average molecular weight is 298 g/mol. The van der Waals surface area contributed by atoms with Crippen molar-refractivity contribution in [3.8, 4) is 0 Å². The molecule has 0 bridgehead atoms. The molecular weight excluding hydrogens is 285 g/mol. The largest absolute Gasteiger partial charge is 0.274 e. The summed E-state index contributed by atoms with van der Waals surface area (Å²) in [7, 11) is 0. The van der Waals surface area contributed by atoms with Crippen molar-refractivity contribution in [3.05, 3.63) is 28.2 Å². The van der Waals surface area contributed by atoms with Gasteiger partial charge in [0.05, 0.1) is 17.5 Å². The number of carbonyl (C=O) groups excluding carboxylic acids is 2. The summed E-state index contributed by atoms with van der Waals surface area (Å²) >= 11 is 11.9. The molecule has 100 valence electrons. The molecule has 0 unspecified atom stereocenters. The number of anilines is 1. The molecule has 1 aromatic carbocycles. The SMILES string of the molecule is O=C1[C@H]2CCCC[C@H]2C(=O)N1c1cc(Cl)cc(Cl)c1. The molecular formula is C14H13Cl2NO2. The summed E-state index contributed by atoms with van der Waals surface area (Å²) in [6.07, 6.45) is 3.65. The fraction of sp³-hybridized carbons (Fsp3) is 0.429. The topological polar surface area (TPSA) is 37.4 Å². The first-order chi connectivity index (χ1) is 9.08. The highest BCUT2D eigenvalue weighted by molar-refractivity contribution is 6.35. The molecule has 2 aliphatic rings. The molecule has 0 spiro atoms. The van der Waals surface area contributed by atoms with Crippen LogP contribution in [-0.4, -0.2) is 11.8 Å². The van der Waals surface area contributed by atoms with Crippen molar-refractivity contribution in [1.29, 1.82) is 0 Å². The monoisotopic (exact) mass is 297 g/mol. The van der Waals surface area contributed by atoms with E-state index >= 15 is 0 Å². The lowest BCUT2D eigenvalue weighted by molar-refractivity contribution is -0.122. The lowest BCUT2D eigenvalue weighted by Gasteiger charge is -2.19. The molecule has 0 radical (unpaired) electrons. The van der Waals surface area contributed by atoms with Crippen molar-refractivity contribution >= 4 is 40.7 Å². The van der Waals surface area contributed by atoms with Crippen molar-refractivity contribution in [2.24, 2.45) is 11.8 Å². The number of benzene rings is 1. The van der Waals surface area contributed by atoms with E-state index in [-0.39, 0.29) is 23.7 Å². The molecule has 19 heavy (non-hydrogen) atoms. The molecule has 2 fully saturated rings. The first kappa shape index (κ1) is 12.9. The molecule has 0 N–H and O–H groups in total. The van der Waals surface area contributed by atoms with Gasteiger partial charge >= 0.3 is 0 Å². The molecule has 1 aliphatic carbocycles. The summed E-state index contributed by atoms with van der Waals surface area (Å²) < 4.78 is 0. The van der Waals surface area contributed by atoms with E-state index in [1.54, 1.807) is 18.2 Å². The van der Waals surface area contributed by atoms with E-state index < -0.39 is 0 Å². The Kier molecular flexibility index (Phi) is 3.27. The van der Waals surface area contributed by atoms with Crippen LogP contribution in [0.5, 0.6) is 0 Å². The van der Waals surface area contributed by atoms with Gasteiger partial charge in [-0.3, -0.25) is 9.59 Å². The van der Waals surface area contributed by atoms with Gasteiger partial charge in [0, 0.05) is 10.0 Å². The van der Waals surface area contributed by atoms with Gasteiger partial charge in [0.15, 0.2) is 0 Å². The number of imide groups is 1. The Morgan fingerprint density at radius 3 is 1.84 bits per heavy atom. The highest BCUT2D eigenvalue weighted by Crippen LogP contribution is 2.40. The van der Waals surface area contributed by atoms with E-state index in [4.69, 9.17) is 23.2 Å². The number of fused-ring (bicyclic) bond motifs is 1. The van der Waals surface area contributed by atoms with Crippen LogP contribution in [0.3, 0.4) is 0 Å². The first-order valence-electron chi connectivity index (χ1n) is 6.42. The highest BCUT2D eigenvalue weighted by Gasteiger charge is 2.48. The fourth-order valence-corrected chi connectivity index (χ4v) is 3.60. The Morgan fingerprint density at radius 1 is 0.895 bits per heavy atom. The number of hydrogen-bond acceptors (Lipinski definition) is 2. The van der Waals surface area contributed by atoms with Crippen molar-refractivity contribution in [2.75, 3.05) is 4.90 Å². The third kappa shape index (κ3) is 2.15. The number of rotatable bonds is 1. The van der Waals surface area contributed by atoms with Gasteiger partial charge in [-0.2, -0.15) is 0 Å². The van der Waals surface area contributed by atoms with Gasteiger partial charge in [0.25, 0.3) is 0 Å². The first-order valence-corrected chi connectivity index (χ1v) is 7.17. The van der Waals surface area contributed by atoms with Crippen LogP contribution in [0.15, 0.2) is 18.2 Å². The lowest BCUT2D eigenvalue weighted by atomic mass is 9.81. The molecule has 0 aromatic heterocycles. The second kappa shape index (κ2) is 4.80. The second-order valence-electron chi connectivity index (χ2n) is 5.14. The van der Waals surface area contributed by atoms with E-state index in [1.807, 2.05) is 0 Å². The molecule has 3 rings (SSSR count). The van der Waals surface area contributed by atoms with Gasteiger partial charge in [-0.15, -0.1) is 0 Å². The number of amides is 2. The quantitative estimate of drug-likeness (QED) is 0.742. The number of nitrogens with zero attached hydrogens (tertiary/aromatic N) is 1. The second-order valence-corrected chi connectivity index (χ2v) is 6.01. The molecule has 1 heterocycles. The molecule has 1 aromatic rings. The van der Waals surface area contributed by atoms with Gasteiger partial charge in [0.2, 0.25) is 11.8 Å². The molecule has 2 amide bonds. The van der Waals surface area contributed by atoms with E-state index in [2.05, 4.69) is 0 Å². The predicted octanol–water partition coefficient (Wildman–Crippen LogP) is 3.67. The Hall–Kier alpha value is -1.06.